The van der Waals surface area contributed by atoms with E-state index in [0.717, 1.165) is 16.5 Å². The van der Waals surface area contributed by atoms with E-state index in [2.05, 4.69) is 4.98 Å². The van der Waals surface area contributed by atoms with E-state index < -0.39 is 0 Å². The summed E-state index contributed by atoms with van der Waals surface area (Å²) in [7, 11) is 0. The predicted octanol–water partition coefficient (Wildman–Crippen LogP) is 2.76. The van der Waals surface area contributed by atoms with Gasteiger partial charge in [0, 0.05) is 11.5 Å². The molecule has 0 bridgehead atoms. The number of carbonyl (C=O) groups is 1. The summed E-state index contributed by atoms with van der Waals surface area (Å²) >= 11 is 0. The topological polar surface area (TPSA) is 57.7 Å². The fourth-order valence-electron chi connectivity index (χ4n) is 2.47. The normalized spacial score (nSPS) is 12.8. The molecule has 0 amide bonds. The summed E-state index contributed by atoms with van der Waals surface area (Å²) in [6.45, 7) is 6.05. The molecule has 1 aromatic heterocycles. The molecule has 104 valence electrons. The van der Waals surface area contributed by atoms with Crippen LogP contribution in [0, 0.1) is 13.8 Å². The highest BCUT2D eigenvalue weighted by Gasteiger charge is 2.21. The van der Waals surface area contributed by atoms with E-state index >= 15 is 0 Å². The van der Waals surface area contributed by atoms with Gasteiger partial charge in [-0.1, -0.05) is 0 Å². The van der Waals surface area contributed by atoms with Crippen LogP contribution >= 0.6 is 0 Å². The number of rotatable bonds is 2. The zero-order chi connectivity index (χ0) is 14.3. The van der Waals surface area contributed by atoms with Crippen LogP contribution in [0.15, 0.2) is 12.1 Å². The lowest BCUT2D eigenvalue weighted by atomic mass is 10.0. The molecule has 0 saturated carbocycles. The molecule has 2 aromatic rings. The zero-order valence-corrected chi connectivity index (χ0v) is 11.6. The van der Waals surface area contributed by atoms with E-state index in [1.54, 1.807) is 6.92 Å². The van der Waals surface area contributed by atoms with E-state index in [1.807, 2.05) is 26.0 Å². The van der Waals surface area contributed by atoms with Crippen LogP contribution in [0.3, 0.4) is 0 Å². The van der Waals surface area contributed by atoms with Gasteiger partial charge in [-0.3, -0.25) is 4.98 Å². The number of hydrogen-bond acceptors (Lipinski definition) is 5. The van der Waals surface area contributed by atoms with Crippen molar-refractivity contribution in [3.05, 3.63) is 29.0 Å². The Labute approximate surface area is 116 Å². The fraction of sp³-hybridized carbons (Fsp3) is 0.333. The molecule has 0 fully saturated rings. The van der Waals surface area contributed by atoms with Crippen molar-refractivity contribution in [3.63, 3.8) is 0 Å². The van der Waals surface area contributed by atoms with E-state index in [9.17, 15) is 4.79 Å². The average Bonchev–Trinajstić information content (AvgIpc) is 2.84. The summed E-state index contributed by atoms with van der Waals surface area (Å²) in [5.41, 5.74) is 2.83. The third-order valence-corrected chi connectivity index (χ3v) is 3.40. The third kappa shape index (κ3) is 1.86. The van der Waals surface area contributed by atoms with Crippen LogP contribution in [0.2, 0.25) is 0 Å². The number of hydrogen-bond donors (Lipinski definition) is 0. The van der Waals surface area contributed by atoms with Crippen molar-refractivity contribution in [1.82, 2.24) is 4.98 Å². The SMILES string of the molecule is CCOC(=O)c1c(C)nc2cc3c(cc2c1C)OCO3. The first-order chi connectivity index (χ1) is 9.61. The number of esters is 1. The Bertz CT molecular complexity index is 709. The Kier molecular flexibility index (Phi) is 2.97. The molecule has 1 aliphatic rings. The van der Waals surface area contributed by atoms with Crippen molar-refractivity contribution < 1.29 is 19.0 Å². The Hall–Kier alpha value is -2.30. The molecule has 0 radical (unpaired) electrons. The largest absolute Gasteiger partial charge is 0.462 e. The van der Waals surface area contributed by atoms with Crippen LogP contribution in [-0.2, 0) is 4.74 Å². The highest BCUT2D eigenvalue weighted by atomic mass is 16.7. The summed E-state index contributed by atoms with van der Waals surface area (Å²) in [4.78, 5) is 16.5. The Morgan fingerprint density at radius 2 is 2.00 bits per heavy atom. The number of fused-ring (bicyclic) bond motifs is 2. The van der Waals surface area contributed by atoms with Gasteiger partial charge in [-0.2, -0.15) is 0 Å². The average molecular weight is 273 g/mol. The minimum atomic E-state index is -0.338. The maximum absolute atomic E-state index is 12.0. The molecule has 3 rings (SSSR count). The van der Waals surface area contributed by atoms with Crippen LogP contribution in [0.1, 0.15) is 28.5 Å². The lowest BCUT2D eigenvalue weighted by Crippen LogP contribution is -2.10. The lowest BCUT2D eigenvalue weighted by Gasteiger charge is -2.12. The summed E-state index contributed by atoms with van der Waals surface area (Å²) < 4.78 is 15.8. The second kappa shape index (κ2) is 4.67. The van der Waals surface area contributed by atoms with Crippen LogP contribution in [0.5, 0.6) is 11.5 Å². The van der Waals surface area contributed by atoms with Gasteiger partial charge in [0.15, 0.2) is 11.5 Å². The van der Waals surface area contributed by atoms with Gasteiger partial charge in [0.1, 0.15) is 0 Å². The second-order valence-electron chi connectivity index (χ2n) is 4.64. The zero-order valence-electron chi connectivity index (χ0n) is 11.6. The van der Waals surface area contributed by atoms with Crippen molar-refractivity contribution in [2.45, 2.75) is 20.8 Å². The molecule has 5 nitrogen and oxygen atoms in total. The maximum atomic E-state index is 12.0. The van der Waals surface area contributed by atoms with Gasteiger partial charge in [0.25, 0.3) is 0 Å². The molecular weight excluding hydrogens is 258 g/mol. The quantitative estimate of drug-likeness (QED) is 0.787. The monoisotopic (exact) mass is 273 g/mol. The van der Waals surface area contributed by atoms with Crippen molar-refractivity contribution in [2.24, 2.45) is 0 Å². The van der Waals surface area contributed by atoms with Crippen LogP contribution in [-0.4, -0.2) is 24.4 Å². The van der Waals surface area contributed by atoms with Gasteiger partial charge in [0.2, 0.25) is 6.79 Å². The molecule has 1 aliphatic heterocycles. The molecule has 0 unspecified atom stereocenters. The fourth-order valence-corrected chi connectivity index (χ4v) is 2.47. The summed E-state index contributed by atoms with van der Waals surface area (Å²) in [5.74, 6) is 1.03. The molecule has 0 N–H and O–H groups in total. The summed E-state index contributed by atoms with van der Waals surface area (Å²) in [6, 6.07) is 3.70. The first kappa shape index (κ1) is 12.7. The molecule has 0 spiro atoms. The van der Waals surface area contributed by atoms with Crippen molar-refractivity contribution in [1.29, 1.82) is 0 Å². The lowest BCUT2D eigenvalue weighted by molar-refractivity contribution is 0.0524. The summed E-state index contributed by atoms with van der Waals surface area (Å²) in [6.07, 6.45) is 0. The number of benzene rings is 1. The number of aryl methyl sites for hydroxylation is 2. The van der Waals surface area contributed by atoms with Gasteiger partial charge >= 0.3 is 5.97 Å². The standard InChI is InChI=1S/C15H15NO4/c1-4-18-15(17)14-8(2)10-5-12-13(20-7-19-12)6-11(10)16-9(14)3/h5-6H,4,7H2,1-3H3. The molecular formula is C15H15NO4. The van der Waals surface area contributed by atoms with E-state index in [0.29, 0.717) is 29.4 Å². The first-order valence-corrected chi connectivity index (χ1v) is 6.49. The van der Waals surface area contributed by atoms with Gasteiger partial charge < -0.3 is 14.2 Å². The number of ether oxygens (including phenoxy) is 3. The van der Waals surface area contributed by atoms with Gasteiger partial charge in [-0.05, 0) is 32.4 Å². The maximum Gasteiger partial charge on any atom is 0.340 e. The van der Waals surface area contributed by atoms with E-state index in [-0.39, 0.29) is 12.8 Å². The number of nitrogens with zero attached hydrogens (tertiary/aromatic N) is 1. The molecule has 5 heteroatoms. The van der Waals surface area contributed by atoms with Gasteiger partial charge in [0.05, 0.1) is 23.4 Å². The van der Waals surface area contributed by atoms with Crippen molar-refractivity contribution >= 4 is 16.9 Å². The Morgan fingerprint density at radius 3 is 2.70 bits per heavy atom. The number of carbonyl (C=O) groups excluding carboxylic acids is 1. The molecule has 0 saturated heterocycles. The second-order valence-corrected chi connectivity index (χ2v) is 4.64. The Morgan fingerprint density at radius 1 is 1.30 bits per heavy atom. The molecule has 1 aromatic carbocycles. The van der Waals surface area contributed by atoms with Crippen molar-refractivity contribution in [3.8, 4) is 11.5 Å². The van der Waals surface area contributed by atoms with Crippen molar-refractivity contribution in [2.75, 3.05) is 13.4 Å². The highest BCUT2D eigenvalue weighted by molar-refractivity contribution is 5.99. The summed E-state index contributed by atoms with van der Waals surface area (Å²) in [5, 5.41) is 0.878. The van der Waals surface area contributed by atoms with Gasteiger partial charge in [-0.25, -0.2) is 4.79 Å². The molecule has 2 heterocycles. The van der Waals surface area contributed by atoms with E-state index in [4.69, 9.17) is 14.2 Å². The minimum Gasteiger partial charge on any atom is -0.462 e. The van der Waals surface area contributed by atoms with E-state index in [1.165, 1.54) is 0 Å². The first-order valence-electron chi connectivity index (χ1n) is 6.49. The Balaban J connectivity index is 2.23. The third-order valence-electron chi connectivity index (χ3n) is 3.40. The van der Waals surface area contributed by atoms with Crippen LogP contribution in [0.25, 0.3) is 10.9 Å². The molecule has 0 aliphatic carbocycles. The van der Waals surface area contributed by atoms with Gasteiger partial charge in [-0.15, -0.1) is 0 Å². The number of aromatic nitrogens is 1. The molecule has 20 heavy (non-hydrogen) atoms. The van der Waals surface area contributed by atoms with Crippen LogP contribution in [0.4, 0.5) is 0 Å². The van der Waals surface area contributed by atoms with Crippen LogP contribution < -0.4 is 9.47 Å². The highest BCUT2D eigenvalue weighted by Crippen LogP contribution is 2.37. The minimum absolute atomic E-state index is 0.217. The molecule has 0 atom stereocenters. The smallest absolute Gasteiger partial charge is 0.340 e. The predicted molar refractivity (Wildman–Crippen MR) is 73.3 cm³/mol. The number of pyridine rings is 1.